The minimum absolute atomic E-state index is 0.0268. The molecule has 0 spiro atoms. The van der Waals surface area contributed by atoms with Crippen molar-refractivity contribution in [3.8, 4) is 0 Å². The van der Waals surface area contributed by atoms with E-state index in [4.69, 9.17) is 0 Å². The fourth-order valence-electron chi connectivity index (χ4n) is 3.33. The van der Waals surface area contributed by atoms with Gasteiger partial charge in [-0.15, -0.1) is 0 Å². The lowest BCUT2D eigenvalue weighted by Gasteiger charge is -2.19. The summed E-state index contributed by atoms with van der Waals surface area (Å²) in [7, 11) is 0. The molecule has 0 heterocycles. The highest BCUT2D eigenvalue weighted by Crippen LogP contribution is 2.45. The molecule has 0 aromatic heterocycles. The molecule has 3 rings (SSSR count). The van der Waals surface area contributed by atoms with Gasteiger partial charge in [0.1, 0.15) is 11.5 Å². The zero-order valence-corrected chi connectivity index (χ0v) is 12.7. The molecule has 0 atom stereocenters. The molecule has 2 aliphatic rings. The number of nitrogens with zero attached hydrogens (tertiary/aromatic N) is 1. The molecule has 7 heteroatoms. The molecule has 0 amide bonds. The number of aliphatic hydroxyl groups is 2. The Morgan fingerprint density at radius 1 is 0.917 bits per heavy atom. The standard InChI is InChI=1S/C17H15NO6/c19-11-5-6-12(20)16(11)15(17-13(21)7-8-14(17)22)9-3-1-2-4-10(9)18(23)24/h1-4,15,19,21H,5-8H2. The number of allylic oxidation sites excluding steroid dienone is 4. The van der Waals surface area contributed by atoms with Gasteiger partial charge in [0.2, 0.25) is 0 Å². The molecular formula is C17H15NO6. The third-order valence-corrected chi connectivity index (χ3v) is 4.42. The van der Waals surface area contributed by atoms with Crippen LogP contribution in [0.1, 0.15) is 37.2 Å². The molecule has 124 valence electrons. The number of hydrogen-bond donors (Lipinski definition) is 2. The molecular weight excluding hydrogens is 314 g/mol. The summed E-state index contributed by atoms with van der Waals surface area (Å²) < 4.78 is 0. The predicted octanol–water partition coefficient (Wildman–Crippen LogP) is 3.03. The Balaban J connectivity index is 2.27. The lowest BCUT2D eigenvalue weighted by molar-refractivity contribution is -0.385. The molecule has 0 radical (unpaired) electrons. The number of Topliss-reactive ketones (excluding diaryl/α,β-unsaturated/α-hetero) is 2. The lowest BCUT2D eigenvalue weighted by atomic mass is 9.81. The average Bonchev–Trinajstić information content (AvgIpc) is 3.05. The molecule has 2 N–H and O–H groups in total. The van der Waals surface area contributed by atoms with Gasteiger partial charge in [0.15, 0.2) is 11.6 Å². The van der Waals surface area contributed by atoms with Crippen molar-refractivity contribution in [3.63, 3.8) is 0 Å². The van der Waals surface area contributed by atoms with Gasteiger partial charge in [-0.3, -0.25) is 19.7 Å². The van der Waals surface area contributed by atoms with E-state index in [2.05, 4.69) is 0 Å². The van der Waals surface area contributed by atoms with Gasteiger partial charge in [-0.25, -0.2) is 0 Å². The summed E-state index contributed by atoms with van der Waals surface area (Å²) in [6.45, 7) is 0. The van der Waals surface area contributed by atoms with Crippen LogP contribution >= 0.6 is 0 Å². The number of aliphatic hydroxyl groups excluding tert-OH is 2. The molecule has 1 aromatic rings. The average molecular weight is 329 g/mol. The van der Waals surface area contributed by atoms with E-state index < -0.39 is 10.8 Å². The van der Waals surface area contributed by atoms with Gasteiger partial charge in [0.25, 0.3) is 5.69 Å². The number of carbonyl (C=O) groups is 2. The van der Waals surface area contributed by atoms with Crippen molar-refractivity contribution < 1.29 is 24.7 Å². The minimum atomic E-state index is -1.11. The predicted molar refractivity (Wildman–Crippen MR) is 83.6 cm³/mol. The van der Waals surface area contributed by atoms with Crippen molar-refractivity contribution in [1.82, 2.24) is 0 Å². The SMILES string of the molecule is O=C1CCC(O)=C1C(C1=C(O)CCC1=O)c1ccccc1[N+](=O)[O-]. The number of hydrogen-bond acceptors (Lipinski definition) is 6. The first-order chi connectivity index (χ1) is 11.4. The maximum absolute atomic E-state index is 12.2. The van der Waals surface area contributed by atoms with Crippen molar-refractivity contribution in [2.45, 2.75) is 31.6 Å². The molecule has 1 aromatic carbocycles. The fraction of sp³-hybridized carbons (Fsp3) is 0.294. The van der Waals surface area contributed by atoms with Crippen LogP contribution in [0.5, 0.6) is 0 Å². The maximum atomic E-state index is 12.2. The van der Waals surface area contributed by atoms with E-state index in [1.807, 2.05) is 0 Å². The molecule has 2 aliphatic carbocycles. The molecule has 7 nitrogen and oxygen atoms in total. The van der Waals surface area contributed by atoms with Crippen molar-refractivity contribution in [3.05, 3.63) is 62.6 Å². The second-order valence-electron chi connectivity index (χ2n) is 5.82. The molecule has 0 bridgehead atoms. The summed E-state index contributed by atoms with van der Waals surface area (Å²) >= 11 is 0. The number of nitro groups is 1. The Morgan fingerprint density at radius 3 is 1.83 bits per heavy atom. The maximum Gasteiger partial charge on any atom is 0.273 e. The van der Waals surface area contributed by atoms with Crippen molar-refractivity contribution in [2.24, 2.45) is 0 Å². The molecule has 24 heavy (non-hydrogen) atoms. The number of benzene rings is 1. The van der Waals surface area contributed by atoms with Gasteiger partial charge in [-0.2, -0.15) is 0 Å². The molecule has 0 saturated heterocycles. The highest BCUT2D eigenvalue weighted by Gasteiger charge is 2.41. The van der Waals surface area contributed by atoms with Gasteiger partial charge < -0.3 is 10.2 Å². The second kappa shape index (κ2) is 5.92. The Kier molecular flexibility index (Phi) is 3.92. The quantitative estimate of drug-likeness (QED) is 0.647. The zero-order valence-electron chi connectivity index (χ0n) is 12.7. The van der Waals surface area contributed by atoms with Crippen LogP contribution in [-0.4, -0.2) is 26.7 Å². The Labute approximate surface area is 137 Å². The zero-order chi connectivity index (χ0) is 17.4. The van der Waals surface area contributed by atoms with Crippen LogP contribution in [0.3, 0.4) is 0 Å². The number of nitro benzene ring substituents is 1. The van der Waals surface area contributed by atoms with E-state index in [1.54, 1.807) is 6.07 Å². The first-order valence-electron chi connectivity index (χ1n) is 7.55. The summed E-state index contributed by atoms with van der Waals surface area (Å²) in [5, 5.41) is 31.6. The summed E-state index contributed by atoms with van der Waals surface area (Å²) in [5.74, 6) is -2.20. The van der Waals surface area contributed by atoms with Gasteiger partial charge in [0.05, 0.1) is 10.8 Å². The van der Waals surface area contributed by atoms with E-state index in [0.29, 0.717) is 0 Å². The minimum Gasteiger partial charge on any atom is -0.512 e. The summed E-state index contributed by atoms with van der Waals surface area (Å²) in [6.07, 6.45) is 0.433. The van der Waals surface area contributed by atoms with Crippen LogP contribution in [0.2, 0.25) is 0 Å². The number of carbonyl (C=O) groups excluding carboxylic acids is 2. The first kappa shape index (κ1) is 15.9. The normalized spacial score (nSPS) is 18.2. The van der Waals surface area contributed by atoms with Gasteiger partial charge in [-0.1, -0.05) is 18.2 Å². The molecule has 0 unspecified atom stereocenters. The van der Waals surface area contributed by atoms with E-state index in [0.717, 1.165) is 0 Å². The third kappa shape index (κ3) is 2.47. The Bertz CT molecular complexity index is 780. The van der Waals surface area contributed by atoms with Crippen LogP contribution in [0.15, 0.2) is 46.9 Å². The number of rotatable bonds is 4. The summed E-state index contributed by atoms with van der Waals surface area (Å²) in [4.78, 5) is 35.3. The summed E-state index contributed by atoms with van der Waals surface area (Å²) in [5.41, 5.74) is -0.194. The van der Waals surface area contributed by atoms with Crippen molar-refractivity contribution in [2.75, 3.05) is 0 Å². The van der Waals surface area contributed by atoms with E-state index in [9.17, 15) is 29.9 Å². The Morgan fingerprint density at radius 2 is 1.42 bits per heavy atom. The molecule has 0 saturated carbocycles. The van der Waals surface area contributed by atoms with E-state index >= 15 is 0 Å². The van der Waals surface area contributed by atoms with Crippen LogP contribution in [0.4, 0.5) is 5.69 Å². The molecule has 0 fully saturated rings. The Hall–Kier alpha value is -2.96. The number of para-hydroxylation sites is 1. The fourth-order valence-corrected chi connectivity index (χ4v) is 3.33. The van der Waals surface area contributed by atoms with E-state index in [1.165, 1.54) is 18.2 Å². The van der Waals surface area contributed by atoms with Gasteiger partial charge >= 0.3 is 0 Å². The highest BCUT2D eigenvalue weighted by atomic mass is 16.6. The highest BCUT2D eigenvalue weighted by molar-refractivity contribution is 6.06. The third-order valence-electron chi connectivity index (χ3n) is 4.42. The van der Waals surface area contributed by atoms with Crippen molar-refractivity contribution in [1.29, 1.82) is 0 Å². The second-order valence-corrected chi connectivity index (χ2v) is 5.82. The lowest BCUT2D eigenvalue weighted by Crippen LogP contribution is -2.17. The topological polar surface area (TPSA) is 118 Å². The monoisotopic (exact) mass is 329 g/mol. The largest absolute Gasteiger partial charge is 0.512 e. The van der Waals surface area contributed by atoms with Crippen molar-refractivity contribution >= 4 is 17.3 Å². The van der Waals surface area contributed by atoms with E-state index in [-0.39, 0.29) is 71.2 Å². The number of ketones is 2. The van der Waals surface area contributed by atoms with Crippen LogP contribution < -0.4 is 0 Å². The smallest absolute Gasteiger partial charge is 0.273 e. The first-order valence-corrected chi connectivity index (χ1v) is 7.55. The van der Waals surface area contributed by atoms with Gasteiger partial charge in [-0.05, 0) is 0 Å². The van der Waals surface area contributed by atoms with Gasteiger partial charge in [0, 0.05) is 48.5 Å². The summed E-state index contributed by atoms with van der Waals surface area (Å²) in [6, 6.07) is 5.76. The van der Waals surface area contributed by atoms with Crippen LogP contribution in [0, 0.1) is 10.1 Å². The molecule has 0 aliphatic heterocycles. The van der Waals surface area contributed by atoms with Crippen LogP contribution in [0.25, 0.3) is 0 Å². The van der Waals surface area contributed by atoms with Crippen LogP contribution in [-0.2, 0) is 9.59 Å².